The number of esters is 2. The summed E-state index contributed by atoms with van der Waals surface area (Å²) in [6.07, 6.45) is 29.1. The molecule has 7 aliphatic heterocycles. The van der Waals surface area contributed by atoms with Crippen LogP contribution in [-0.2, 0) is 46.2 Å². The Morgan fingerprint density at radius 3 is 2.56 bits per heavy atom. The maximum Gasteiger partial charge on any atom is 0.339 e. The highest BCUT2D eigenvalue weighted by atomic mass is 16.7. The highest BCUT2D eigenvalue weighted by Gasteiger charge is 3.02. The Morgan fingerprint density at radius 1 is 0.899 bits per heavy atom. The lowest BCUT2D eigenvalue weighted by Gasteiger charge is -2.74. The number of hydrogen-bond donors (Lipinski definition) is 4. The fourth-order valence-electron chi connectivity index (χ4n) is 29.3. The number of benzene rings is 1. The summed E-state index contributed by atoms with van der Waals surface area (Å²) in [6, 6.07) is 13.3. The van der Waals surface area contributed by atoms with Gasteiger partial charge in [-0.1, -0.05) is 101 Å². The van der Waals surface area contributed by atoms with Crippen molar-refractivity contribution < 1.29 is 53.1 Å². The van der Waals surface area contributed by atoms with Crippen LogP contribution in [0.1, 0.15) is 173 Å². The molecule has 1 aromatic carbocycles. The van der Waals surface area contributed by atoms with E-state index < -0.39 is 86.1 Å². The Morgan fingerprint density at radius 2 is 1.74 bits per heavy atom. The zero-order valence-electron chi connectivity index (χ0n) is 53.1. The third-order valence-corrected chi connectivity index (χ3v) is 31.4. The monoisotopic (exact) mass is 1210 g/mol. The number of ether oxygens (including phenoxy) is 4. The third kappa shape index (κ3) is 6.30. The van der Waals surface area contributed by atoms with Crippen LogP contribution in [0.25, 0.3) is 0 Å². The molecule has 14 fully saturated rings. The maximum atomic E-state index is 17.6. The quantitative estimate of drug-likeness (QED) is 0.0949. The number of aliphatic hydroxyl groups excluding tert-OH is 3. The van der Waals surface area contributed by atoms with Crippen molar-refractivity contribution >= 4 is 17.7 Å². The minimum Gasteiger partial charge on any atom is -0.469 e. The summed E-state index contributed by atoms with van der Waals surface area (Å²) in [4.78, 5) is 52.8. The number of furan rings is 1. The van der Waals surface area contributed by atoms with Crippen molar-refractivity contribution in [3.05, 3.63) is 95.6 Å². The van der Waals surface area contributed by atoms with E-state index in [0.29, 0.717) is 36.5 Å². The van der Waals surface area contributed by atoms with Crippen LogP contribution in [0.4, 0.5) is 0 Å². The molecule has 26 atom stereocenters. The number of nitrogens with one attached hydrogen (secondary N) is 1. The van der Waals surface area contributed by atoms with Crippen molar-refractivity contribution in [3.8, 4) is 0 Å². The molecule has 17 aliphatic rings. The smallest absolute Gasteiger partial charge is 0.339 e. The second-order valence-electron chi connectivity index (χ2n) is 34.5. The molecule has 0 unspecified atom stereocenters. The van der Waals surface area contributed by atoms with Crippen molar-refractivity contribution in [2.75, 3.05) is 26.4 Å². The van der Waals surface area contributed by atoms with Crippen LogP contribution in [0.3, 0.4) is 0 Å². The van der Waals surface area contributed by atoms with Gasteiger partial charge in [0.15, 0.2) is 11.9 Å². The van der Waals surface area contributed by atoms with Gasteiger partial charge < -0.3 is 43.6 Å². The first kappa shape index (κ1) is 56.4. The SMILES string of the molecule is CC(C)C[C@H]1C=C2C[C@@H]3C[C@@H]4C=C[C@@]56C(=O)OC[C@]78[C@H](C(=O)[C@@H](O)[C@]9([C@H]%10CCC[C@H](Cc%11ccccc%11)C%10)[C@@H]7[C@H](C[C@]35[C@@]43CCC4(CCCC4)C3)C[C@@]3(C)[C@H](c4ccoc4C[C@@H]([C@@H]4CC[C@H]5[C@H](C=CN7CNC[C@H]57)C4)[C@H](O)CO)OC(=O)[C@H]4O[C@@]493)[C@@]1(C)O[C@]286. The summed E-state index contributed by atoms with van der Waals surface area (Å²) < 4.78 is 37.6. The number of allylic oxidation sites excluding steroid dienone is 2. The molecule has 9 saturated carbocycles. The first-order valence-electron chi connectivity index (χ1n) is 35.9. The van der Waals surface area contributed by atoms with Gasteiger partial charge >= 0.3 is 11.9 Å². The number of rotatable bonds is 11. The van der Waals surface area contributed by atoms with Gasteiger partial charge in [0.05, 0.1) is 42.6 Å². The van der Waals surface area contributed by atoms with Crippen LogP contribution in [0.15, 0.2) is 83.2 Å². The Bertz CT molecular complexity index is 3420. The van der Waals surface area contributed by atoms with Crippen LogP contribution in [-0.4, -0.2) is 106 Å². The lowest BCUT2D eigenvalue weighted by molar-refractivity contribution is -0.311. The predicted octanol–water partition coefficient (Wildman–Crippen LogP) is 10.9. The van der Waals surface area contributed by atoms with Gasteiger partial charge in [-0.2, -0.15) is 0 Å². The first-order chi connectivity index (χ1) is 43.0. The molecule has 10 aliphatic carbocycles. The fraction of sp³-hybridized carbons (Fsp3) is 0.750. The van der Waals surface area contributed by atoms with Gasteiger partial charge in [-0.15, -0.1) is 0 Å². The number of cyclic esters (lactones) is 2. The van der Waals surface area contributed by atoms with E-state index in [0.717, 1.165) is 115 Å². The number of epoxide rings is 1. The molecule has 89 heavy (non-hydrogen) atoms. The van der Waals surface area contributed by atoms with Gasteiger partial charge in [0.2, 0.25) is 0 Å². The second-order valence-corrected chi connectivity index (χ2v) is 34.5. The molecule has 6 bridgehead atoms. The van der Waals surface area contributed by atoms with Crippen molar-refractivity contribution in [2.45, 2.75) is 210 Å². The number of carbonyl (C=O) groups excluding carboxylic acids is 3. The third-order valence-electron chi connectivity index (χ3n) is 31.4. The largest absolute Gasteiger partial charge is 0.469 e. The summed E-state index contributed by atoms with van der Waals surface area (Å²) in [7, 11) is 0. The Labute approximate surface area is 525 Å². The molecule has 2 aromatic rings. The van der Waals surface area contributed by atoms with Crippen LogP contribution >= 0.6 is 0 Å². The number of ketones is 1. The average Bonchev–Trinajstić information content (AvgIpc) is 1.43. The Hall–Kier alpha value is -4.11. The molecule has 0 amide bonds. The zero-order chi connectivity index (χ0) is 60.4. The minimum atomic E-state index is -1.52. The van der Waals surface area contributed by atoms with Crippen molar-refractivity contribution in [3.63, 3.8) is 0 Å². The number of aliphatic hydroxyl groups is 3. The van der Waals surface area contributed by atoms with Gasteiger partial charge in [-0.05, 0) is 209 Å². The van der Waals surface area contributed by atoms with Crippen LogP contribution in [0, 0.1) is 115 Å². The molecule has 0 radical (unpaired) electrons. The van der Waals surface area contributed by atoms with Crippen LogP contribution < -0.4 is 5.32 Å². The van der Waals surface area contributed by atoms with Gasteiger partial charge in [-0.25, -0.2) is 4.79 Å². The summed E-state index contributed by atoms with van der Waals surface area (Å²) in [5.41, 5.74) is -5.80. The van der Waals surface area contributed by atoms with Crippen LogP contribution in [0.2, 0.25) is 0 Å². The lowest BCUT2D eigenvalue weighted by atomic mass is 9.28. The van der Waals surface area contributed by atoms with E-state index in [1.165, 1.54) is 36.8 Å². The molecule has 1 aromatic heterocycles. The molecule has 8 heterocycles. The van der Waals surface area contributed by atoms with E-state index in [9.17, 15) is 15.3 Å². The zero-order valence-corrected chi connectivity index (χ0v) is 53.1. The molecule has 4 N–H and O–H groups in total. The van der Waals surface area contributed by atoms with Gasteiger partial charge in [0, 0.05) is 46.7 Å². The van der Waals surface area contributed by atoms with Crippen molar-refractivity contribution in [1.29, 1.82) is 0 Å². The van der Waals surface area contributed by atoms with E-state index in [2.05, 4.69) is 98.7 Å². The summed E-state index contributed by atoms with van der Waals surface area (Å²) in [5.74, 6) is -0.415. The number of nitrogens with zero attached hydrogens (tertiary/aromatic N) is 1. The van der Waals surface area contributed by atoms with Crippen molar-refractivity contribution in [2.24, 2.45) is 115 Å². The number of hydrogen-bond acceptors (Lipinski definition) is 13. The molecule has 13 heteroatoms. The Kier molecular flexibility index (Phi) is 11.7. The number of carbonyl (C=O) groups is 3. The normalized spacial score (nSPS) is 52.1. The molecule has 7 spiro atoms. The van der Waals surface area contributed by atoms with Crippen LogP contribution in [0.5, 0.6) is 0 Å². The lowest BCUT2D eigenvalue weighted by Crippen LogP contribution is -2.84. The molecule has 476 valence electrons. The molecular formula is C76H96N2O11. The topological polar surface area (TPSA) is 181 Å². The molecule has 19 rings (SSSR count). The van der Waals surface area contributed by atoms with E-state index in [4.69, 9.17) is 23.4 Å². The van der Waals surface area contributed by atoms with Crippen molar-refractivity contribution in [1.82, 2.24) is 10.2 Å². The highest BCUT2D eigenvalue weighted by Crippen LogP contribution is 2.95. The predicted molar refractivity (Wildman–Crippen MR) is 328 cm³/mol. The Balaban J connectivity index is 0.833. The summed E-state index contributed by atoms with van der Waals surface area (Å²) in [6.45, 7) is 10.6. The van der Waals surface area contributed by atoms with E-state index >= 15 is 14.4 Å². The fourth-order valence-corrected chi connectivity index (χ4v) is 29.3. The number of fused-ring (bicyclic) bond motifs is 5. The molecule has 5 saturated heterocycles. The van der Waals surface area contributed by atoms with E-state index in [1.807, 2.05) is 6.07 Å². The highest BCUT2D eigenvalue weighted by molar-refractivity contribution is 5.96. The summed E-state index contributed by atoms with van der Waals surface area (Å²) >= 11 is 0. The number of Topliss-reactive ketones (excluding diaryl/α,β-unsaturated/α-hetero) is 1. The van der Waals surface area contributed by atoms with Gasteiger partial charge in [0.25, 0.3) is 0 Å². The minimum absolute atomic E-state index is 0.0240. The second kappa shape index (κ2) is 18.4. The van der Waals surface area contributed by atoms with Gasteiger partial charge in [0.1, 0.15) is 41.2 Å². The van der Waals surface area contributed by atoms with Gasteiger partial charge in [-0.3, -0.25) is 14.9 Å². The average molecular weight is 1210 g/mol. The summed E-state index contributed by atoms with van der Waals surface area (Å²) in [5, 5.41) is 41.6. The first-order valence-corrected chi connectivity index (χ1v) is 35.9. The molecule has 13 nitrogen and oxygen atoms in total. The standard InChI is InChI=1S/C76H96N2O11/c1-42(2)27-50-32-52-33-51-31-48-17-22-72-66(84)86-40-71-60-47(36-73(51,72)70(48)24-23-69(39-70)20-8-9-21-69)35-67(3)63(54-19-26-85-58(54)34-55(57(80)38-79)45-15-16-53-46(30-45)18-25-78-41-77-37-56(53)78)87-65(83)64-76(67,88-64)74(60,62(82)59(81)61(71)68(50,4)89-75(52,71)72)49-14-10-13-44(29-49)28-43-11-6-5-7-12-43/h5-7,11-12,17-19,22,25-26,32,42,44-51,53,55-57,60-64,77,79-80,82H,8-10,13-16,20-21,23-24,27-31,33-41H2,1-4H3/t44-,45-,46-,47+,48+,49+,50+,51+,53+,55+,56-,57-,60-,61-,62-,63+,64-,67+,68+,70-,71-,72-,73-,74+,75-,76-/m1/s1. The maximum absolute atomic E-state index is 17.6. The van der Waals surface area contributed by atoms with E-state index in [-0.39, 0.29) is 89.1 Å². The molecular weight excluding hydrogens is 1120 g/mol. The van der Waals surface area contributed by atoms with E-state index in [1.54, 1.807) is 6.26 Å².